The summed E-state index contributed by atoms with van der Waals surface area (Å²) in [5.41, 5.74) is 6.73. The number of carbonyl (C=O) groups is 1. The van der Waals surface area contributed by atoms with E-state index in [0.717, 1.165) is 41.6 Å². The topological polar surface area (TPSA) is 69.8 Å². The van der Waals surface area contributed by atoms with Gasteiger partial charge in [0.15, 0.2) is 0 Å². The Hall–Kier alpha value is -4.03. The van der Waals surface area contributed by atoms with E-state index in [1.54, 1.807) is 0 Å². The number of carbonyl (C=O) groups excluding carboxylic acids is 1. The molecule has 170 valence electrons. The van der Waals surface area contributed by atoms with Crippen LogP contribution in [-0.2, 0) is 13.0 Å². The van der Waals surface area contributed by atoms with Crippen LogP contribution in [0.25, 0.3) is 21.8 Å². The number of aryl methyl sites for hydroxylation is 1. The smallest absolute Gasteiger partial charge is 0.255 e. The summed E-state index contributed by atoms with van der Waals surface area (Å²) < 4.78 is 13.1. The summed E-state index contributed by atoms with van der Waals surface area (Å²) >= 11 is 0. The highest BCUT2D eigenvalue weighted by Crippen LogP contribution is 2.26. The Morgan fingerprint density at radius 1 is 1.00 bits per heavy atom. The second-order valence-electron chi connectivity index (χ2n) is 8.36. The predicted molar refractivity (Wildman–Crippen MR) is 135 cm³/mol. The maximum Gasteiger partial charge on any atom is 0.255 e. The van der Waals surface area contributed by atoms with Crippen molar-refractivity contribution in [3.8, 4) is 0 Å². The predicted octanol–water partition coefficient (Wildman–Crippen LogP) is 5.75. The largest absolute Gasteiger partial charge is 0.358 e. The van der Waals surface area contributed by atoms with Crippen molar-refractivity contribution in [3.63, 3.8) is 0 Å². The van der Waals surface area contributed by atoms with E-state index in [0.29, 0.717) is 11.3 Å². The number of H-pyrrole nitrogens is 1. The number of nitrogens with one attached hydrogen (secondary N) is 3. The standard InChI is InChI=1S/C28H25FN4O/c1-18-23(13-14-30-17-20-12-15-31-26-5-3-2-4-24(20)26)25-16-22(10-11-27(25)32-18)33-28(34)19-6-8-21(29)9-7-19/h2-12,15-16,30,32H,13-14,17H2,1H3,(H,33,34). The number of pyridine rings is 1. The number of amides is 1. The number of rotatable bonds is 7. The minimum Gasteiger partial charge on any atom is -0.358 e. The summed E-state index contributed by atoms with van der Waals surface area (Å²) in [6, 6.07) is 21.6. The lowest BCUT2D eigenvalue weighted by atomic mass is 10.1. The summed E-state index contributed by atoms with van der Waals surface area (Å²) in [7, 11) is 0. The van der Waals surface area contributed by atoms with Crippen LogP contribution in [0.15, 0.2) is 79.0 Å². The number of hydrogen-bond donors (Lipinski definition) is 3. The fourth-order valence-corrected chi connectivity index (χ4v) is 4.33. The molecule has 0 aliphatic heterocycles. The van der Waals surface area contributed by atoms with Gasteiger partial charge in [-0.15, -0.1) is 0 Å². The van der Waals surface area contributed by atoms with Gasteiger partial charge in [0.2, 0.25) is 0 Å². The van der Waals surface area contributed by atoms with Gasteiger partial charge < -0.3 is 15.6 Å². The molecule has 0 aliphatic rings. The molecule has 0 saturated carbocycles. The molecule has 34 heavy (non-hydrogen) atoms. The van der Waals surface area contributed by atoms with Crippen LogP contribution in [0, 0.1) is 12.7 Å². The van der Waals surface area contributed by atoms with Crippen molar-refractivity contribution >= 4 is 33.4 Å². The van der Waals surface area contributed by atoms with Crippen LogP contribution in [0.3, 0.4) is 0 Å². The molecule has 0 atom stereocenters. The zero-order valence-electron chi connectivity index (χ0n) is 18.9. The van der Waals surface area contributed by atoms with Gasteiger partial charge in [-0.05, 0) is 85.6 Å². The van der Waals surface area contributed by atoms with Crippen molar-refractivity contribution < 1.29 is 9.18 Å². The Balaban J connectivity index is 1.28. The van der Waals surface area contributed by atoms with Crippen LogP contribution in [0.4, 0.5) is 10.1 Å². The molecule has 0 fully saturated rings. The third-order valence-corrected chi connectivity index (χ3v) is 6.09. The van der Waals surface area contributed by atoms with Gasteiger partial charge in [0.25, 0.3) is 5.91 Å². The van der Waals surface area contributed by atoms with E-state index in [1.807, 2.05) is 42.6 Å². The highest BCUT2D eigenvalue weighted by atomic mass is 19.1. The quantitative estimate of drug-likeness (QED) is 0.276. The molecule has 0 spiro atoms. The SMILES string of the molecule is Cc1[nH]c2ccc(NC(=O)c3ccc(F)cc3)cc2c1CCNCc1ccnc2ccccc12. The number of para-hydroxylation sites is 1. The molecule has 0 aliphatic carbocycles. The van der Waals surface area contributed by atoms with Crippen LogP contribution >= 0.6 is 0 Å². The van der Waals surface area contributed by atoms with Crippen LogP contribution in [0.1, 0.15) is 27.2 Å². The normalized spacial score (nSPS) is 11.2. The lowest BCUT2D eigenvalue weighted by molar-refractivity contribution is 0.102. The molecule has 3 N–H and O–H groups in total. The second-order valence-corrected chi connectivity index (χ2v) is 8.36. The summed E-state index contributed by atoms with van der Waals surface area (Å²) in [4.78, 5) is 20.4. The van der Waals surface area contributed by atoms with E-state index in [4.69, 9.17) is 0 Å². The first-order valence-electron chi connectivity index (χ1n) is 11.3. The number of halogens is 1. The molecule has 0 unspecified atom stereocenters. The zero-order valence-corrected chi connectivity index (χ0v) is 18.9. The molecule has 0 radical (unpaired) electrons. The molecular weight excluding hydrogens is 427 g/mol. The first-order valence-corrected chi connectivity index (χ1v) is 11.3. The molecular formula is C28H25FN4O. The Bertz CT molecular complexity index is 1470. The van der Waals surface area contributed by atoms with Gasteiger partial charge in [-0.2, -0.15) is 0 Å². The minimum absolute atomic E-state index is 0.264. The van der Waals surface area contributed by atoms with Gasteiger partial charge in [0, 0.05) is 46.0 Å². The number of hydrogen-bond acceptors (Lipinski definition) is 3. The molecule has 5 aromatic rings. The van der Waals surface area contributed by atoms with Gasteiger partial charge in [0.05, 0.1) is 5.52 Å². The van der Waals surface area contributed by atoms with Gasteiger partial charge in [-0.3, -0.25) is 9.78 Å². The summed E-state index contributed by atoms with van der Waals surface area (Å²) in [5, 5.41) is 8.73. The molecule has 5 rings (SSSR count). The number of aromatic nitrogens is 2. The maximum atomic E-state index is 13.1. The Morgan fingerprint density at radius 2 is 1.82 bits per heavy atom. The van der Waals surface area contributed by atoms with Crippen molar-refractivity contribution in [1.82, 2.24) is 15.3 Å². The van der Waals surface area contributed by atoms with Crippen LogP contribution in [0.5, 0.6) is 0 Å². The average molecular weight is 453 g/mol. The average Bonchev–Trinajstić information content (AvgIpc) is 3.16. The number of anilines is 1. The number of aromatic amines is 1. The molecule has 1 amide bonds. The number of benzene rings is 3. The molecule has 0 saturated heterocycles. The third-order valence-electron chi connectivity index (χ3n) is 6.09. The van der Waals surface area contributed by atoms with Gasteiger partial charge in [-0.25, -0.2) is 4.39 Å². The molecule has 2 aromatic heterocycles. The molecule has 6 heteroatoms. The Morgan fingerprint density at radius 3 is 2.68 bits per heavy atom. The second kappa shape index (κ2) is 9.45. The summed E-state index contributed by atoms with van der Waals surface area (Å²) in [6.07, 6.45) is 2.70. The highest BCUT2D eigenvalue weighted by Gasteiger charge is 2.11. The molecule has 0 bridgehead atoms. The Kier molecular flexibility index (Phi) is 6.06. The fourth-order valence-electron chi connectivity index (χ4n) is 4.33. The molecule has 2 heterocycles. The molecule has 3 aromatic carbocycles. The van der Waals surface area contributed by atoms with Crippen molar-refractivity contribution in [1.29, 1.82) is 0 Å². The summed E-state index contributed by atoms with van der Waals surface area (Å²) in [5.74, 6) is -0.629. The fraction of sp³-hybridized carbons (Fsp3) is 0.143. The van der Waals surface area contributed by atoms with Crippen LogP contribution < -0.4 is 10.6 Å². The monoisotopic (exact) mass is 452 g/mol. The van der Waals surface area contributed by atoms with E-state index in [-0.39, 0.29) is 11.7 Å². The summed E-state index contributed by atoms with van der Waals surface area (Å²) in [6.45, 7) is 3.66. The lowest BCUT2D eigenvalue weighted by Crippen LogP contribution is -2.17. The van der Waals surface area contributed by atoms with E-state index < -0.39 is 0 Å². The number of nitrogens with zero attached hydrogens (tertiary/aromatic N) is 1. The minimum atomic E-state index is -0.365. The van der Waals surface area contributed by atoms with E-state index in [2.05, 4.69) is 39.7 Å². The first-order chi connectivity index (χ1) is 16.6. The van der Waals surface area contributed by atoms with Crippen molar-refractivity contribution in [2.45, 2.75) is 19.9 Å². The van der Waals surface area contributed by atoms with Crippen molar-refractivity contribution in [3.05, 3.63) is 107 Å². The van der Waals surface area contributed by atoms with E-state index >= 15 is 0 Å². The molecule has 5 nitrogen and oxygen atoms in total. The van der Waals surface area contributed by atoms with Gasteiger partial charge in [0.1, 0.15) is 5.82 Å². The maximum absolute atomic E-state index is 13.1. The van der Waals surface area contributed by atoms with Crippen LogP contribution in [-0.4, -0.2) is 22.4 Å². The number of fused-ring (bicyclic) bond motifs is 2. The van der Waals surface area contributed by atoms with Crippen LogP contribution in [0.2, 0.25) is 0 Å². The van der Waals surface area contributed by atoms with Crippen molar-refractivity contribution in [2.24, 2.45) is 0 Å². The van der Waals surface area contributed by atoms with E-state index in [9.17, 15) is 9.18 Å². The van der Waals surface area contributed by atoms with Gasteiger partial charge in [-0.1, -0.05) is 18.2 Å². The van der Waals surface area contributed by atoms with Crippen molar-refractivity contribution in [2.75, 3.05) is 11.9 Å². The van der Waals surface area contributed by atoms with E-state index in [1.165, 1.54) is 40.8 Å². The third kappa shape index (κ3) is 4.54. The lowest BCUT2D eigenvalue weighted by Gasteiger charge is -2.09. The highest BCUT2D eigenvalue weighted by molar-refractivity contribution is 6.05. The van der Waals surface area contributed by atoms with Gasteiger partial charge >= 0.3 is 0 Å². The Labute approximate surface area is 197 Å². The first kappa shape index (κ1) is 21.8. The zero-order chi connectivity index (χ0) is 23.5.